The molecule has 0 saturated carbocycles. The summed E-state index contributed by atoms with van der Waals surface area (Å²) in [6.07, 6.45) is 1.08. The Morgan fingerprint density at radius 2 is 2.16 bits per heavy atom. The highest BCUT2D eigenvalue weighted by molar-refractivity contribution is 5.71. The van der Waals surface area contributed by atoms with Crippen LogP contribution in [0.4, 0.5) is 0 Å². The van der Waals surface area contributed by atoms with Gasteiger partial charge in [0.25, 0.3) is 0 Å². The van der Waals surface area contributed by atoms with Gasteiger partial charge in [0.05, 0.1) is 6.54 Å². The number of rotatable bonds is 4. The van der Waals surface area contributed by atoms with Crippen molar-refractivity contribution in [2.24, 2.45) is 0 Å². The fourth-order valence-electron chi connectivity index (χ4n) is 2.25. The van der Waals surface area contributed by atoms with Crippen molar-refractivity contribution in [3.05, 3.63) is 35.9 Å². The molecule has 1 aliphatic heterocycles. The molecule has 0 radical (unpaired) electrons. The second-order valence-electron chi connectivity index (χ2n) is 5.00. The van der Waals surface area contributed by atoms with Crippen LogP contribution in [0, 0.1) is 0 Å². The largest absolute Gasteiger partial charge is 0.460 e. The number of carbonyl (C=O) groups is 1. The highest BCUT2D eigenvalue weighted by Gasteiger charge is 2.19. The van der Waals surface area contributed by atoms with Gasteiger partial charge in [0, 0.05) is 19.1 Å². The van der Waals surface area contributed by atoms with Crippen LogP contribution in [0.1, 0.15) is 18.9 Å². The average molecular weight is 262 g/mol. The van der Waals surface area contributed by atoms with Crippen molar-refractivity contribution < 1.29 is 9.53 Å². The number of nitrogens with zero attached hydrogens (tertiary/aromatic N) is 1. The molecule has 1 N–H and O–H groups in total. The fraction of sp³-hybridized carbons (Fsp3) is 0.533. The molecule has 1 aliphatic rings. The maximum atomic E-state index is 11.9. The molecule has 1 atom stereocenters. The number of hydrogen-bond acceptors (Lipinski definition) is 4. The Labute approximate surface area is 114 Å². The van der Waals surface area contributed by atoms with Crippen LogP contribution < -0.4 is 5.32 Å². The lowest BCUT2D eigenvalue weighted by Gasteiger charge is -2.25. The molecule has 0 bridgehead atoms. The molecular formula is C15H22N2O2. The molecule has 0 unspecified atom stereocenters. The quantitative estimate of drug-likeness (QED) is 0.833. The van der Waals surface area contributed by atoms with Gasteiger partial charge in [-0.15, -0.1) is 0 Å². The van der Waals surface area contributed by atoms with Crippen LogP contribution >= 0.6 is 0 Å². The zero-order valence-corrected chi connectivity index (χ0v) is 11.5. The number of benzene rings is 1. The highest BCUT2D eigenvalue weighted by atomic mass is 16.5. The van der Waals surface area contributed by atoms with Crippen molar-refractivity contribution in [1.29, 1.82) is 0 Å². The fourth-order valence-corrected chi connectivity index (χ4v) is 2.25. The molecule has 19 heavy (non-hydrogen) atoms. The predicted molar refractivity (Wildman–Crippen MR) is 74.8 cm³/mol. The first kappa shape index (κ1) is 14.0. The van der Waals surface area contributed by atoms with Crippen LogP contribution in [0.3, 0.4) is 0 Å². The molecule has 0 aliphatic carbocycles. The summed E-state index contributed by atoms with van der Waals surface area (Å²) in [5, 5.41) is 3.34. The highest BCUT2D eigenvalue weighted by Crippen LogP contribution is 2.07. The Balaban J connectivity index is 1.77. The van der Waals surface area contributed by atoms with Crippen molar-refractivity contribution in [3.63, 3.8) is 0 Å². The molecule has 4 heteroatoms. The van der Waals surface area contributed by atoms with Crippen LogP contribution in [0.2, 0.25) is 0 Å². The molecule has 1 aromatic rings. The van der Waals surface area contributed by atoms with Gasteiger partial charge in [-0.2, -0.15) is 0 Å². The molecule has 2 rings (SSSR count). The third kappa shape index (κ3) is 4.65. The zero-order chi connectivity index (χ0) is 13.5. The summed E-state index contributed by atoms with van der Waals surface area (Å²) in [7, 11) is 0. The smallest absolute Gasteiger partial charge is 0.320 e. The van der Waals surface area contributed by atoms with E-state index in [1.165, 1.54) is 0 Å². The van der Waals surface area contributed by atoms with Crippen molar-refractivity contribution in [2.45, 2.75) is 26.0 Å². The van der Waals surface area contributed by atoms with E-state index in [0.717, 1.165) is 31.6 Å². The summed E-state index contributed by atoms with van der Waals surface area (Å²) >= 11 is 0. The number of nitrogens with one attached hydrogen (secondary N) is 1. The second-order valence-corrected chi connectivity index (χ2v) is 5.00. The average Bonchev–Trinajstić information content (AvgIpc) is 2.63. The lowest BCUT2D eigenvalue weighted by Crippen LogP contribution is -2.39. The van der Waals surface area contributed by atoms with Gasteiger partial charge in [-0.05, 0) is 25.5 Å². The maximum absolute atomic E-state index is 11.9. The van der Waals surface area contributed by atoms with Crippen LogP contribution in [-0.2, 0) is 16.1 Å². The van der Waals surface area contributed by atoms with Gasteiger partial charge < -0.3 is 10.1 Å². The van der Waals surface area contributed by atoms with E-state index in [2.05, 4.69) is 17.1 Å². The number of esters is 1. The molecule has 0 amide bonds. The van der Waals surface area contributed by atoms with E-state index >= 15 is 0 Å². The minimum Gasteiger partial charge on any atom is -0.460 e. The first-order valence-corrected chi connectivity index (χ1v) is 6.90. The van der Waals surface area contributed by atoms with E-state index in [1.54, 1.807) is 0 Å². The summed E-state index contributed by atoms with van der Waals surface area (Å²) in [5.41, 5.74) is 1.03. The van der Waals surface area contributed by atoms with E-state index in [9.17, 15) is 4.79 Å². The number of carbonyl (C=O) groups excluding carboxylic acids is 1. The number of ether oxygens (including phenoxy) is 1. The first-order valence-electron chi connectivity index (χ1n) is 6.90. The molecule has 4 nitrogen and oxygen atoms in total. The van der Waals surface area contributed by atoms with E-state index < -0.39 is 0 Å². The molecular weight excluding hydrogens is 240 g/mol. The van der Waals surface area contributed by atoms with E-state index in [0.29, 0.717) is 19.2 Å². The third-order valence-corrected chi connectivity index (χ3v) is 3.51. The van der Waals surface area contributed by atoms with Gasteiger partial charge >= 0.3 is 5.97 Å². The molecule has 1 saturated heterocycles. The molecule has 104 valence electrons. The topological polar surface area (TPSA) is 41.6 Å². The van der Waals surface area contributed by atoms with Crippen molar-refractivity contribution >= 4 is 5.97 Å². The first-order chi connectivity index (χ1) is 9.25. The van der Waals surface area contributed by atoms with E-state index in [4.69, 9.17) is 4.74 Å². The van der Waals surface area contributed by atoms with Crippen LogP contribution in [0.15, 0.2) is 30.3 Å². The molecule has 1 aromatic carbocycles. The van der Waals surface area contributed by atoms with Gasteiger partial charge in [-0.1, -0.05) is 30.3 Å². The molecule has 1 fully saturated rings. The maximum Gasteiger partial charge on any atom is 0.320 e. The molecule has 0 spiro atoms. The number of hydrogen-bond donors (Lipinski definition) is 1. The van der Waals surface area contributed by atoms with Crippen molar-refractivity contribution in [3.8, 4) is 0 Å². The Morgan fingerprint density at radius 1 is 1.37 bits per heavy atom. The van der Waals surface area contributed by atoms with Crippen LogP contribution in [0.25, 0.3) is 0 Å². The lowest BCUT2D eigenvalue weighted by atomic mass is 10.2. The molecule has 1 heterocycles. The summed E-state index contributed by atoms with van der Waals surface area (Å²) < 4.78 is 5.32. The van der Waals surface area contributed by atoms with Gasteiger partial charge in [-0.3, -0.25) is 9.69 Å². The summed E-state index contributed by atoms with van der Waals surface area (Å²) in [6, 6.07) is 10.2. The van der Waals surface area contributed by atoms with Crippen molar-refractivity contribution in [2.75, 3.05) is 26.2 Å². The lowest BCUT2D eigenvalue weighted by molar-refractivity contribution is -0.146. The predicted octanol–water partition coefficient (Wildman–Crippen LogP) is 1.41. The molecule has 0 aromatic heterocycles. The third-order valence-electron chi connectivity index (χ3n) is 3.51. The van der Waals surface area contributed by atoms with E-state index in [-0.39, 0.29) is 5.97 Å². The van der Waals surface area contributed by atoms with Gasteiger partial charge in [0.15, 0.2) is 0 Å². The SMILES string of the molecule is C[C@@H]1CCNCCN1CC(=O)OCc1ccccc1. The monoisotopic (exact) mass is 262 g/mol. The van der Waals surface area contributed by atoms with Crippen LogP contribution in [0.5, 0.6) is 0 Å². The van der Waals surface area contributed by atoms with Gasteiger partial charge in [0.1, 0.15) is 6.61 Å². The summed E-state index contributed by atoms with van der Waals surface area (Å²) in [6.45, 7) is 5.78. The Bertz CT molecular complexity index is 394. The minimum atomic E-state index is -0.141. The Hall–Kier alpha value is -1.39. The van der Waals surface area contributed by atoms with Gasteiger partial charge in [0.2, 0.25) is 0 Å². The van der Waals surface area contributed by atoms with Crippen LogP contribution in [-0.4, -0.2) is 43.1 Å². The summed E-state index contributed by atoms with van der Waals surface area (Å²) in [5.74, 6) is -0.141. The van der Waals surface area contributed by atoms with E-state index in [1.807, 2.05) is 30.3 Å². The normalized spacial score (nSPS) is 20.8. The zero-order valence-electron chi connectivity index (χ0n) is 11.5. The minimum absolute atomic E-state index is 0.141. The summed E-state index contributed by atoms with van der Waals surface area (Å²) in [4.78, 5) is 14.0. The second kappa shape index (κ2) is 7.26. The van der Waals surface area contributed by atoms with Gasteiger partial charge in [-0.25, -0.2) is 0 Å². The standard InChI is InChI=1S/C15H22N2O2/c1-13-7-8-16-9-10-17(13)11-15(18)19-12-14-5-3-2-4-6-14/h2-6,13,16H,7-12H2,1H3/t13-/m1/s1. The van der Waals surface area contributed by atoms with Crippen molar-refractivity contribution in [1.82, 2.24) is 10.2 Å². The Kier molecular flexibility index (Phi) is 5.36. The Morgan fingerprint density at radius 3 is 2.95 bits per heavy atom.